The molecule has 0 aromatic carbocycles. The first-order valence-electron chi connectivity index (χ1n) is 4.72. The maximum atomic E-state index is 11.1. The minimum absolute atomic E-state index is 0.195. The number of thiocarbonyl (C=S) groups is 1. The molecule has 1 aliphatic carbocycles. The van der Waals surface area contributed by atoms with Gasteiger partial charge in [-0.1, -0.05) is 12.2 Å². The molecule has 0 aromatic rings. The summed E-state index contributed by atoms with van der Waals surface area (Å²) in [4.78, 5) is 13.7. The number of ether oxygens (including phenoxy) is 1. The van der Waals surface area contributed by atoms with Gasteiger partial charge in [0.25, 0.3) is 0 Å². The van der Waals surface area contributed by atoms with Gasteiger partial charge in [0.05, 0.1) is 18.6 Å². The van der Waals surface area contributed by atoms with Gasteiger partial charge >= 0.3 is 5.97 Å². The Kier molecular flexibility index (Phi) is 4.28. The molecule has 0 amide bonds. The zero-order valence-electron chi connectivity index (χ0n) is 8.36. The fourth-order valence-corrected chi connectivity index (χ4v) is 1.41. The number of methoxy groups -OCH3 is 1. The Morgan fingerprint density at radius 2 is 2.29 bits per heavy atom. The molecule has 2 N–H and O–H groups in total. The predicted octanol–water partition coefficient (Wildman–Crippen LogP) is 0.300. The summed E-state index contributed by atoms with van der Waals surface area (Å²) in [6.45, 7) is 1.11. The fraction of sp³-hybridized carbons (Fsp3) is 0.778. The van der Waals surface area contributed by atoms with Crippen molar-refractivity contribution in [2.24, 2.45) is 5.73 Å². The molecule has 0 aromatic heterocycles. The van der Waals surface area contributed by atoms with Crippen LogP contribution in [0.2, 0.25) is 0 Å². The topological polar surface area (TPSA) is 55.6 Å². The number of nitrogens with zero attached hydrogens (tertiary/aromatic N) is 1. The van der Waals surface area contributed by atoms with Gasteiger partial charge in [-0.05, 0) is 12.8 Å². The van der Waals surface area contributed by atoms with Crippen LogP contribution in [0.3, 0.4) is 0 Å². The molecule has 0 bridgehead atoms. The number of carbonyl (C=O) groups is 1. The second-order valence-electron chi connectivity index (χ2n) is 3.49. The van der Waals surface area contributed by atoms with Crippen molar-refractivity contribution in [3.05, 3.63) is 0 Å². The molecule has 0 heterocycles. The number of carbonyl (C=O) groups excluding carboxylic acids is 1. The van der Waals surface area contributed by atoms with Crippen molar-refractivity contribution < 1.29 is 9.53 Å². The summed E-state index contributed by atoms with van der Waals surface area (Å²) >= 11 is 4.80. The van der Waals surface area contributed by atoms with E-state index in [4.69, 9.17) is 18.0 Å². The molecular formula is C9H16N2O2S. The van der Waals surface area contributed by atoms with Crippen LogP contribution in [0.25, 0.3) is 0 Å². The van der Waals surface area contributed by atoms with E-state index in [0.29, 0.717) is 24.0 Å². The number of esters is 1. The molecule has 0 atom stereocenters. The molecule has 1 fully saturated rings. The SMILES string of the molecule is COC(=O)CN(CCC(N)=S)C1CC1. The molecule has 1 rings (SSSR count). The summed E-state index contributed by atoms with van der Waals surface area (Å²) in [6.07, 6.45) is 2.99. The Bertz CT molecular complexity index is 229. The minimum atomic E-state index is -0.195. The third-order valence-electron chi connectivity index (χ3n) is 2.27. The highest BCUT2D eigenvalue weighted by atomic mass is 32.1. The number of hydrogen-bond acceptors (Lipinski definition) is 4. The first-order valence-corrected chi connectivity index (χ1v) is 5.13. The zero-order valence-corrected chi connectivity index (χ0v) is 9.18. The first kappa shape index (κ1) is 11.4. The number of rotatable bonds is 6. The Labute approximate surface area is 89.4 Å². The second-order valence-corrected chi connectivity index (χ2v) is 4.02. The number of nitrogens with two attached hydrogens (primary N) is 1. The highest BCUT2D eigenvalue weighted by Gasteiger charge is 2.30. The lowest BCUT2D eigenvalue weighted by atomic mass is 10.3. The lowest BCUT2D eigenvalue weighted by Crippen LogP contribution is -2.34. The van der Waals surface area contributed by atoms with Crippen LogP contribution in [-0.2, 0) is 9.53 Å². The maximum Gasteiger partial charge on any atom is 0.319 e. The van der Waals surface area contributed by atoms with Crippen molar-refractivity contribution in [2.75, 3.05) is 20.2 Å². The van der Waals surface area contributed by atoms with E-state index >= 15 is 0 Å². The summed E-state index contributed by atoms with van der Waals surface area (Å²) in [7, 11) is 1.40. The fourth-order valence-electron chi connectivity index (χ4n) is 1.31. The predicted molar refractivity (Wildman–Crippen MR) is 58.0 cm³/mol. The molecule has 0 aliphatic heterocycles. The average molecular weight is 216 g/mol. The van der Waals surface area contributed by atoms with E-state index < -0.39 is 0 Å². The van der Waals surface area contributed by atoms with Gasteiger partial charge in [-0.2, -0.15) is 0 Å². The summed E-state index contributed by atoms with van der Waals surface area (Å²) in [5.74, 6) is -0.195. The zero-order chi connectivity index (χ0) is 10.6. The van der Waals surface area contributed by atoms with Crippen LogP contribution in [0.5, 0.6) is 0 Å². The minimum Gasteiger partial charge on any atom is -0.468 e. The van der Waals surface area contributed by atoms with Crippen molar-refractivity contribution in [1.29, 1.82) is 0 Å². The van der Waals surface area contributed by atoms with Crippen LogP contribution in [-0.4, -0.2) is 42.1 Å². The summed E-state index contributed by atoms with van der Waals surface area (Å²) in [5, 5.41) is 0. The lowest BCUT2D eigenvalue weighted by molar-refractivity contribution is -0.142. The van der Waals surface area contributed by atoms with Crippen molar-refractivity contribution >= 4 is 23.2 Å². The van der Waals surface area contributed by atoms with Crippen LogP contribution in [0.1, 0.15) is 19.3 Å². The standard InChI is InChI=1S/C9H16N2O2S/c1-13-9(12)6-11(7-2-3-7)5-4-8(10)14/h7H,2-6H2,1H3,(H2,10,14). The van der Waals surface area contributed by atoms with Gasteiger partial charge in [0.15, 0.2) is 0 Å². The van der Waals surface area contributed by atoms with E-state index in [-0.39, 0.29) is 5.97 Å². The van der Waals surface area contributed by atoms with E-state index in [2.05, 4.69) is 9.64 Å². The molecule has 4 nitrogen and oxygen atoms in total. The molecule has 0 unspecified atom stereocenters. The maximum absolute atomic E-state index is 11.1. The van der Waals surface area contributed by atoms with E-state index in [0.717, 1.165) is 19.4 Å². The van der Waals surface area contributed by atoms with Crippen LogP contribution in [0.4, 0.5) is 0 Å². The molecule has 0 spiro atoms. The Morgan fingerprint density at radius 3 is 2.71 bits per heavy atom. The third kappa shape index (κ3) is 4.02. The monoisotopic (exact) mass is 216 g/mol. The van der Waals surface area contributed by atoms with Crippen LogP contribution < -0.4 is 5.73 Å². The van der Waals surface area contributed by atoms with Crippen molar-refractivity contribution in [1.82, 2.24) is 4.90 Å². The van der Waals surface area contributed by atoms with E-state index in [1.165, 1.54) is 7.11 Å². The van der Waals surface area contributed by atoms with Crippen molar-refractivity contribution in [3.8, 4) is 0 Å². The molecule has 1 aliphatic rings. The van der Waals surface area contributed by atoms with Gasteiger partial charge in [0, 0.05) is 19.0 Å². The molecule has 5 heteroatoms. The van der Waals surface area contributed by atoms with Gasteiger partial charge < -0.3 is 10.5 Å². The smallest absolute Gasteiger partial charge is 0.319 e. The highest BCUT2D eigenvalue weighted by molar-refractivity contribution is 7.80. The van der Waals surface area contributed by atoms with Crippen molar-refractivity contribution in [3.63, 3.8) is 0 Å². The Hall–Kier alpha value is -0.680. The molecule has 0 radical (unpaired) electrons. The number of hydrogen-bond donors (Lipinski definition) is 1. The lowest BCUT2D eigenvalue weighted by Gasteiger charge is -2.19. The van der Waals surface area contributed by atoms with Crippen LogP contribution >= 0.6 is 12.2 Å². The van der Waals surface area contributed by atoms with Gasteiger partial charge in [0.2, 0.25) is 0 Å². The second kappa shape index (κ2) is 5.26. The summed E-state index contributed by atoms with van der Waals surface area (Å²) < 4.78 is 4.62. The normalized spacial score (nSPS) is 15.6. The molecule has 1 saturated carbocycles. The average Bonchev–Trinajstić information content (AvgIpc) is 2.94. The first-order chi connectivity index (χ1) is 6.63. The van der Waals surface area contributed by atoms with E-state index in [1.807, 2.05) is 0 Å². The summed E-state index contributed by atoms with van der Waals surface area (Å²) in [6, 6.07) is 0.531. The Balaban J connectivity index is 2.31. The highest BCUT2D eigenvalue weighted by Crippen LogP contribution is 2.26. The Morgan fingerprint density at radius 1 is 1.64 bits per heavy atom. The molecular weight excluding hydrogens is 200 g/mol. The molecule has 14 heavy (non-hydrogen) atoms. The summed E-state index contributed by atoms with van der Waals surface area (Å²) in [5.41, 5.74) is 5.41. The quantitative estimate of drug-likeness (QED) is 0.511. The molecule has 80 valence electrons. The van der Waals surface area contributed by atoms with Gasteiger partial charge in [-0.25, -0.2) is 0 Å². The van der Waals surface area contributed by atoms with Gasteiger partial charge in [-0.15, -0.1) is 0 Å². The van der Waals surface area contributed by atoms with Crippen LogP contribution in [0, 0.1) is 0 Å². The largest absolute Gasteiger partial charge is 0.468 e. The van der Waals surface area contributed by atoms with Gasteiger partial charge in [-0.3, -0.25) is 9.69 Å². The van der Waals surface area contributed by atoms with E-state index in [1.54, 1.807) is 0 Å². The third-order valence-corrected chi connectivity index (χ3v) is 2.47. The molecule has 0 saturated heterocycles. The van der Waals surface area contributed by atoms with Gasteiger partial charge in [0.1, 0.15) is 0 Å². The van der Waals surface area contributed by atoms with E-state index in [9.17, 15) is 4.79 Å². The van der Waals surface area contributed by atoms with Crippen molar-refractivity contribution in [2.45, 2.75) is 25.3 Å². The van der Waals surface area contributed by atoms with Crippen LogP contribution in [0.15, 0.2) is 0 Å².